The summed E-state index contributed by atoms with van der Waals surface area (Å²) in [7, 11) is 0. The number of hydrogen-bond acceptors (Lipinski definition) is 4. The van der Waals surface area contributed by atoms with Crippen LogP contribution in [0, 0.1) is 5.82 Å². The molecule has 0 spiro atoms. The van der Waals surface area contributed by atoms with E-state index in [0.29, 0.717) is 30.5 Å². The lowest BCUT2D eigenvalue weighted by Gasteiger charge is -2.30. The lowest BCUT2D eigenvalue weighted by molar-refractivity contribution is 0.187. The van der Waals surface area contributed by atoms with Gasteiger partial charge in [0.25, 0.3) is 0 Å². The van der Waals surface area contributed by atoms with Gasteiger partial charge in [0.2, 0.25) is 11.7 Å². The van der Waals surface area contributed by atoms with Crippen molar-refractivity contribution in [2.24, 2.45) is 0 Å². The molecule has 0 saturated carbocycles. The highest BCUT2D eigenvalue weighted by molar-refractivity contribution is 6.31. The average molecular weight is 401 g/mol. The smallest absolute Gasteiger partial charge is 0.321 e. The van der Waals surface area contributed by atoms with Gasteiger partial charge in [0.05, 0.1) is 5.02 Å². The van der Waals surface area contributed by atoms with Crippen LogP contribution in [0.4, 0.5) is 14.9 Å². The number of benzene rings is 2. The highest BCUT2D eigenvalue weighted by atomic mass is 35.5. The van der Waals surface area contributed by atoms with Gasteiger partial charge in [-0.1, -0.05) is 47.1 Å². The Labute approximate surface area is 166 Å². The zero-order valence-corrected chi connectivity index (χ0v) is 15.7. The fourth-order valence-corrected chi connectivity index (χ4v) is 3.39. The summed E-state index contributed by atoms with van der Waals surface area (Å²) in [6.07, 6.45) is 1.46. The van der Waals surface area contributed by atoms with Crippen molar-refractivity contribution < 1.29 is 13.7 Å². The summed E-state index contributed by atoms with van der Waals surface area (Å²) in [4.78, 5) is 18.6. The van der Waals surface area contributed by atoms with Gasteiger partial charge in [0.15, 0.2) is 0 Å². The lowest BCUT2D eigenvalue weighted by atomic mass is 9.97. The van der Waals surface area contributed by atoms with Crippen LogP contribution in [0.15, 0.2) is 53.1 Å². The maximum absolute atomic E-state index is 13.2. The van der Waals surface area contributed by atoms with Crippen LogP contribution in [-0.4, -0.2) is 34.2 Å². The van der Waals surface area contributed by atoms with Crippen molar-refractivity contribution in [2.45, 2.75) is 18.8 Å². The Morgan fingerprint density at radius 1 is 1.18 bits per heavy atom. The summed E-state index contributed by atoms with van der Waals surface area (Å²) >= 11 is 5.75. The molecule has 28 heavy (non-hydrogen) atoms. The van der Waals surface area contributed by atoms with Gasteiger partial charge < -0.3 is 14.7 Å². The molecule has 1 saturated heterocycles. The molecule has 2 aromatic carbocycles. The quantitative estimate of drug-likeness (QED) is 0.675. The van der Waals surface area contributed by atoms with Crippen LogP contribution >= 0.6 is 11.6 Å². The van der Waals surface area contributed by atoms with Crippen LogP contribution in [-0.2, 0) is 0 Å². The standard InChI is InChI=1S/C20H18ClFN4O2/c21-16-12-15(6-7-17(16)22)23-20(27)26-10-8-14(9-11-26)19-24-18(25-28-19)13-4-2-1-3-5-13/h1-7,12,14H,8-11H2,(H,23,27). The number of piperidine rings is 1. The van der Waals surface area contributed by atoms with Crippen LogP contribution in [0.5, 0.6) is 0 Å². The van der Waals surface area contributed by atoms with Crippen molar-refractivity contribution in [3.63, 3.8) is 0 Å². The second-order valence-corrected chi connectivity index (χ2v) is 7.05. The zero-order valence-electron chi connectivity index (χ0n) is 14.9. The largest absolute Gasteiger partial charge is 0.339 e. The van der Waals surface area contributed by atoms with E-state index in [0.717, 1.165) is 18.4 Å². The van der Waals surface area contributed by atoms with E-state index in [9.17, 15) is 9.18 Å². The summed E-state index contributed by atoms with van der Waals surface area (Å²) in [5.74, 6) is 0.775. The predicted octanol–water partition coefficient (Wildman–Crippen LogP) is 4.94. The average Bonchev–Trinajstić information content (AvgIpc) is 3.22. The van der Waals surface area contributed by atoms with E-state index >= 15 is 0 Å². The number of rotatable bonds is 3. The normalized spacial score (nSPS) is 14.9. The number of halogens is 2. The summed E-state index contributed by atoms with van der Waals surface area (Å²) in [5.41, 5.74) is 1.37. The molecule has 0 aliphatic carbocycles. The molecule has 1 aliphatic heterocycles. The minimum atomic E-state index is -0.519. The monoisotopic (exact) mass is 400 g/mol. The number of urea groups is 1. The molecule has 0 radical (unpaired) electrons. The first-order valence-corrected chi connectivity index (χ1v) is 9.38. The summed E-state index contributed by atoms with van der Waals surface area (Å²) in [6.45, 7) is 1.13. The number of nitrogens with one attached hydrogen (secondary N) is 1. The van der Waals surface area contributed by atoms with Gasteiger partial charge in [-0.15, -0.1) is 0 Å². The van der Waals surface area contributed by atoms with Crippen molar-refractivity contribution in [1.82, 2.24) is 15.0 Å². The minimum absolute atomic E-state index is 0.0258. The molecule has 1 aliphatic rings. The van der Waals surface area contributed by atoms with Gasteiger partial charge in [-0.25, -0.2) is 9.18 Å². The van der Waals surface area contributed by atoms with Crippen LogP contribution in [0.2, 0.25) is 5.02 Å². The van der Waals surface area contributed by atoms with Gasteiger partial charge in [0.1, 0.15) is 5.82 Å². The van der Waals surface area contributed by atoms with Crippen molar-refractivity contribution in [3.8, 4) is 11.4 Å². The van der Waals surface area contributed by atoms with E-state index in [1.54, 1.807) is 4.90 Å². The molecule has 8 heteroatoms. The SMILES string of the molecule is O=C(Nc1ccc(F)c(Cl)c1)N1CCC(c2nc(-c3ccccc3)no2)CC1. The van der Waals surface area contributed by atoms with Gasteiger partial charge in [-0.3, -0.25) is 0 Å². The summed E-state index contributed by atoms with van der Waals surface area (Å²) in [6, 6.07) is 13.5. The Morgan fingerprint density at radius 2 is 1.93 bits per heavy atom. The van der Waals surface area contributed by atoms with E-state index in [2.05, 4.69) is 15.5 Å². The van der Waals surface area contributed by atoms with E-state index in [1.165, 1.54) is 18.2 Å². The van der Waals surface area contributed by atoms with Gasteiger partial charge >= 0.3 is 6.03 Å². The van der Waals surface area contributed by atoms with Crippen LogP contribution in [0.25, 0.3) is 11.4 Å². The van der Waals surface area contributed by atoms with E-state index in [4.69, 9.17) is 16.1 Å². The summed E-state index contributed by atoms with van der Waals surface area (Å²) < 4.78 is 18.7. The van der Waals surface area contributed by atoms with Crippen LogP contribution < -0.4 is 5.32 Å². The molecule has 0 bridgehead atoms. The molecule has 144 valence electrons. The molecule has 3 aromatic rings. The molecule has 0 atom stereocenters. The number of hydrogen-bond donors (Lipinski definition) is 1. The van der Waals surface area contributed by atoms with E-state index < -0.39 is 5.82 Å². The highest BCUT2D eigenvalue weighted by Gasteiger charge is 2.27. The van der Waals surface area contributed by atoms with E-state index in [1.807, 2.05) is 30.3 Å². The maximum atomic E-state index is 13.2. The Kier molecular flexibility index (Phi) is 5.25. The fraction of sp³-hybridized carbons (Fsp3) is 0.250. The second kappa shape index (κ2) is 7.98. The third-order valence-corrected chi connectivity index (χ3v) is 5.07. The summed E-state index contributed by atoms with van der Waals surface area (Å²) in [5, 5.41) is 6.78. The third-order valence-electron chi connectivity index (χ3n) is 4.78. The fourth-order valence-electron chi connectivity index (χ4n) is 3.21. The Bertz CT molecular complexity index is 971. The van der Waals surface area contributed by atoms with Gasteiger partial charge in [-0.05, 0) is 31.0 Å². The number of nitrogens with zero attached hydrogens (tertiary/aromatic N) is 3. The number of carbonyl (C=O) groups is 1. The molecule has 0 unspecified atom stereocenters. The van der Waals surface area contributed by atoms with Crippen molar-refractivity contribution >= 4 is 23.3 Å². The maximum Gasteiger partial charge on any atom is 0.321 e. The Morgan fingerprint density at radius 3 is 2.64 bits per heavy atom. The molecular weight excluding hydrogens is 383 g/mol. The number of amides is 2. The van der Waals surface area contributed by atoms with Crippen molar-refractivity contribution in [2.75, 3.05) is 18.4 Å². The third kappa shape index (κ3) is 3.99. The predicted molar refractivity (Wildman–Crippen MR) is 104 cm³/mol. The molecule has 1 aromatic heterocycles. The highest BCUT2D eigenvalue weighted by Crippen LogP contribution is 2.29. The Hall–Kier alpha value is -2.93. The second-order valence-electron chi connectivity index (χ2n) is 6.64. The number of carbonyl (C=O) groups excluding carboxylic acids is 1. The minimum Gasteiger partial charge on any atom is -0.339 e. The number of anilines is 1. The van der Waals surface area contributed by atoms with Crippen LogP contribution in [0.3, 0.4) is 0 Å². The first-order chi connectivity index (χ1) is 13.6. The topological polar surface area (TPSA) is 71.3 Å². The Balaban J connectivity index is 1.35. The van der Waals surface area contributed by atoms with Crippen molar-refractivity contribution in [1.29, 1.82) is 0 Å². The molecular formula is C20H18ClFN4O2. The number of likely N-dealkylation sites (tertiary alicyclic amines) is 1. The van der Waals surface area contributed by atoms with E-state index in [-0.39, 0.29) is 17.0 Å². The molecule has 2 heterocycles. The molecule has 6 nitrogen and oxygen atoms in total. The van der Waals surface area contributed by atoms with Crippen LogP contribution in [0.1, 0.15) is 24.7 Å². The lowest BCUT2D eigenvalue weighted by Crippen LogP contribution is -2.40. The number of aromatic nitrogens is 2. The molecule has 1 N–H and O–H groups in total. The van der Waals surface area contributed by atoms with Gasteiger partial charge in [0, 0.05) is 30.3 Å². The molecule has 1 fully saturated rings. The first kappa shape index (κ1) is 18.4. The zero-order chi connectivity index (χ0) is 19.5. The van der Waals surface area contributed by atoms with Gasteiger partial charge in [-0.2, -0.15) is 4.98 Å². The molecule has 2 amide bonds. The molecule has 4 rings (SSSR count). The van der Waals surface area contributed by atoms with Crippen molar-refractivity contribution in [3.05, 3.63) is 65.3 Å². The first-order valence-electron chi connectivity index (χ1n) is 9.00.